The smallest absolute Gasteiger partial charge is 0.274 e. The molecule has 0 aliphatic carbocycles. The zero-order chi connectivity index (χ0) is 25.0. The maximum absolute atomic E-state index is 13.4. The van der Waals surface area contributed by atoms with Crippen LogP contribution in [0.15, 0.2) is 45.4 Å². The van der Waals surface area contributed by atoms with Gasteiger partial charge in [-0.15, -0.1) is 4.36 Å². The standard InChI is InChI=1S/C21H19BrClN7O3S/c1-12-7-13(22)8-15(20(31)25-2)18(12)28-21(32)17-9-14(10-34(3,33)27-11-24)29-30(17)19-16(23)5-4-6-26-19/h4-9H,10H2,1-3H3,(H,25,31)(H,28,32). The van der Waals surface area contributed by atoms with Gasteiger partial charge in [-0.2, -0.15) is 10.4 Å². The van der Waals surface area contributed by atoms with E-state index >= 15 is 0 Å². The van der Waals surface area contributed by atoms with E-state index in [-0.39, 0.29) is 39.5 Å². The summed E-state index contributed by atoms with van der Waals surface area (Å²) in [5.41, 5.74) is 1.50. The van der Waals surface area contributed by atoms with Crippen LogP contribution in [0.4, 0.5) is 5.69 Å². The van der Waals surface area contributed by atoms with Crippen molar-refractivity contribution in [1.29, 1.82) is 5.26 Å². The molecule has 0 aliphatic rings. The van der Waals surface area contributed by atoms with E-state index in [2.05, 4.69) is 41.0 Å². The number of anilines is 1. The first kappa shape index (κ1) is 25.4. The second-order valence-corrected chi connectivity index (χ2v) is 10.9. The number of rotatable bonds is 6. The molecule has 34 heavy (non-hydrogen) atoms. The van der Waals surface area contributed by atoms with Gasteiger partial charge in [-0.1, -0.05) is 27.5 Å². The topological polar surface area (TPSA) is 142 Å². The number of hydrogen-bond donors (Lipinski definition) is 2. The van der Waals surface area contributed by atoms with Gasteiger partial charge in [-0.3, -0.25) is 9.59 Å². The Morgan fingerprint density at radius 3 is 2.71 bits per heavy atom. The summed E-state index contributed by atoms with van der Waals surface area (Å²) in [4.78, 5) is 30.0. The number of aromatic nitrogens is 3. The van der Waals surface area contributed by atoms with Crippen LogP contribution in [0.3, 0.4) is 0 Å². The second kappa shape index (κ2) is 10.3. The zero-order valence-electron chi connectivity index (χ0n) is 18.3. The quantitative estimate of drug-likeness (QED) is 0.437. The van der Waals surface area contributed by atoms with Crippen molar-refractivity contribution < 1.29 is 13.8 Å². The lowest BCUT2D eigenvalue weighted by molar-refractivity contribution is 0.0964. The van der Waals surface area contributed by atoms with Crippen molar-refractivity contribution in [1.82, 2.24) is 20.1 Å². The van der Waals surface area contributed by atoms with E-state index in [1.54, 1.807) is 31.2 Å². The maximum Gasteiger partial charge on any atom is 0.274 e. The van der Waals surface area contributed by atoms with Crippen molar-refractivity contribution in [2.45, 2.75) is 12.7 Å². The van der Waals surface area contributed by atoms with Gasteiger partial charge >= 0.3 is 0 Å². The lowest BCUT2D eigenvalue weighted by atomic mass is 10.1. The van der Waals surface area contributed by atoms with Crippen LogP contribution in [0.25, 0.3) is 5.82 Å². The first-order valence-corrected chi connectivity index (χ1v) is 12.9. The summed E-state index contributed by atoms with van der Waals surface area (Å²) < 4.78 is 17.9. The van der Waals surface area contributed by atoms with Gasteiger partial charge in [0.15, 0.2) is 5.82 Å². The van der Waals surface area contributed by atoms with Crippen molar-refractivity contribution in [3.63, 3.8) is 0 Å². The molecule has 1 atom stereocenters. The predicted molar refractivity (Wildman–Crippen MR) is 132 cm³/mol. The van der Waals surface area contributed by atoms with E-state index in [0.717, 1.165) is 0 Å². The van der Waals surface area contributed by atoms with Gasteiger partial charge in [0.1, 0.15) is 5.69 Å². The van der Waals surface area contributed by atoms with Crippen LogP contribution >= 0.6 is 27.5 Å². The highest BCUT2D eigenvalue weighted by molar-refractivity contribution is 9.10. The molecule has 3 aromatic rings. The Morgan fingerprint density at radius 1 is 1.32 bits per heavy atom. The number of aryl methyl sites for hydroxylation is 1. The second-order valence-electron chi connectivity index (χ2n) is 7.22. The number of carbonyl (C=O) groups excluding carboxylic acids is 2. The maximum atomic E-state index is 13.4. The molecule has 13 heteroatoms. The Labute approximate surface area is 209 Å². The van der Waals surface area contributed by atoms with Gasteiger partial charge in [-0.05, 0) is 42.8 Å². The molecule has 2 aromatic heterocycles. The molecule has 10 nitrogen and oxygen atoms in total. The van der Waals surface area contributed by atoms with Crippen LogP contribution < -0.4 is 10.6 Å². The summed E-state index contributed by atoms with van der Waals surface area (Å²) in [7, 11) is -1.41. The number of hydrogen-bond acceptors (Lipinski definition) is 7. The monoisotopic (exact) mass is 563 g/mol. The number of nitrogens with zero attached hydrogens (tertiary/aromatic N) is 5. The number of pyridine rings is 1. The highest BCUT2D eigenvalue weighted by atomic mass is 79.9. The Hall–Kier alpha value is -3.27. The Kier molecular flexibility index (Phi) is 7.71. The lowest BCUT2D eigenvalue weighted by Gasteiger charge is -2.14. The molecule has 0 aliphatic heterocycles. The van der Waals surface area contributed by atoms with E-state index in [1.807, 2.05) is 0 Å². The van der Waals surface area contributed by atoms with E-state index in [1.165, 1.54) is 36.4 Å². The minimum absolute atomic E-state index is 0.0351. The van der Waals surface area contributed by atoms with Crippen LogP contribution in [-0.4, -0.2) is 44.1 Å². The minimum Gasteiger partial charge on any atom is -0.355 e. The molecule has 0 saturated heterocycles. The number of nitrogens with one attached hydrogen (secondary N) is 2. The predicted octanol–water partition coefficient (Wildman–Crippen LogP) is 3.68. The largest absolute Gasteiger partial charge is 0.355 e. The van der Waals surface area contributed by atoms with Crippen LogP contribution in [0, 0.1) is 18.4 Å². The number of nitriles is 1. The highest BCUT2D eigenvalue weighted by Gasteiger charge is 2.23. The Balaban J connectivity index is 2.12. The molecule has 1 unspecified atom stereocenters. The van der Waals surface area contributed by atoms with Gasteiger partial charge in [0, 0.05) is 24.0 Å². The van der Waals surface area contributed by atoms with E-state index < -0.39 is 15.6 Å². The number of carbonyl (C=O) groups is 2. The fourth-order valence-corrected chi connectivity index (χ4v) is 4.85. The molecule has 2 heterocycles. The van der Waals surface area contributed by atoms with E-state index in [4.69, 9.17) is 16.9 Å². The molecular weight excluding hydrogens is 546 g/mol. The average Bonchev–Trinajstić information content (AvgIpc) is 3.17. The van der Waals surface area contributed by atoms with Crippen molar-refractivity contribution in [3.05, 3.63) is 68.5 Å². The fraction of sp³-hybridized carbons (Fsp3) is 0.190. The zero-order valence-corrected chi connectivity index (χ0v) is 21.5. The lowest BCUT2D eigenvalue weighted by Crippen LogP contribution is -2.23. The summed E-state index contributed by atoms with van der Waals surface area (Å²) in [6.45, 7) is 1.75. The Morgan fingerprint density at radius 2 is 2.06 bits per heavy atom. The molecule has 0 fully saturated rings. The molecular formula is C21H19BrClN7O3S. The third-order valence-corrected chi connectivity index (χ3v) is 6.64. The minimum atomic E-state index is -2.90. The SMILES string of the molecule is CNC(=O)c1cc(Br)cc(C)c1NC(=O)c1cc(CS(C)(=O)=NC#N)nn1-c1ncccc1Cl. The van der Waals surface area contributed by atoms with Crippen molar-refractivity contribution >= 4 is 54.8 Å². The summed E-state index contributed by atoms with van der Waals surface area (Å²) in [5, 5.41) is 18.7. The van der Waals surface area contributed by atoms with Crippen LogP contribution in [0.2, 0.25) is 5.02 Å². The molecule has 3 rings (SSSR count). The fourth-order valence-electron chi connectivity index (χ4n) is 3.15. The van der Waals surface area contributed by atoms with Gasteiger partial charge in [0.25, 0.3) is 11.8 Å². The summed E-state index contributed by atoms with van der Waals surface area (Å²) in [5.74, 6) is -0.972. The van der Waals surface area contributed by atoms with Gasteiger partial charge in [-0.25, -0.2) is 13.9 Å². The molecule has 2 amide bonds. The van der Waals surface area contributed by atoms with Crippen molar-refractivity contribution in [2.24, 2.45) is 4.36 Å². The first-order valence-electron chi connectivity index (χ1n) is 9.67. The molecule has 1 aromatic carbocycles. The average molecular weight is 565 g/mol. The molecule has 0 radical (unpaired) electrons. The molecule has 2 N–H and O–H groups in total. The first-order chi connectivity index (χ1) is 16.1. The highest BCUT2D eigenvalue weighted by Crippen LogP contribution is 2.27. The van der Waals surface area contributed by atoms with Gasteiger partial charge in [0.2, 0.25) is 6.19 Å². The van der Waals surface area contributed by atoms with Crippen molar-refractivity contribution in [3.8, 4) is 12.0 Å². The number of amides is 2. The number of benzene rings is 1. The van der Waals surface area contributed by atoms with E-state index in [9.17, 15) is 13.8 Å². The van der Waals surface area contributed by atoms with Crippen molar-refractivity contribution in [2.75, 3.05) is 18.6 Å². The molecule has 0 spiro atoms. The van der Waals surface area contributed by atoms with Crippen LogP contribution in [-0.2, 0) is 15.5 Å². The van der Waals surface area contributed by atoms with Gasteiger partial charge in [0.05, 0.1) is 37.4 Å². The van der Waals surface area contributed by atoms with Gasteiger partial charge < -0.3 is 10.6 Å². The third-order valence-electron chi connectivity index (χ3n) is 4.59. The van der Waals surface area contributed by atoms with E-state index in [0.29, 0.717) is 15.7 Å². The van der Waals surface area contributed by atoms with Crippen LogP contribution in [0.1, 0.15) is 32.1 Å². The summed E-state index contributed by atoms with van der Waals surface area (Å²) >= 11 is 9.65. The number of halogens is 2. The summed E-state index contributed by atoms with van der Waals surface area (Å²) in [6.07, 6.45) is 4.35. The van der Waals surface area contributed by atoms with Crippen LogP contribution in [0.5, 0.6) is 0 Å². The molecule has 0 bridgehead atoms. The third kappa shape index (κ3) is 5.61. The molecule has 176 valence electrons. The normalized spacial score (nSPS) is 12.4. The Bertz CT molecular complexity index is 1460. The summed E-state index contributed by atoms with van der Waals surface area (Å²) in [6, 6.07) is 7.99. The molecule has 0 saturated carbocycles.